The van der Waals surface area contributed by atoms with Crippen molar-refractivity contribution in [2.24, 2.45) is 0 Å². The van der Waals surface area contributed by atoms with Crippen molar-refractivity contribution in [3.63, 3.8) is 0 Å². The Balaban J connectivity index is 2.46. The highest BCUT2D eigenvalue weighted by molar-refractivity contribution is 5.55. The van der Waals surface area contributed by atoms with E-state index in [4.69, 9.17) is 4.74 Å². The Morgan fingerprint density at radius 3 is 2.44 bits per heavy atom. The van der Waals surface area contributed by atoms with Gasteiger partial charge in [0.2, 0.25) is 5.88 Å². The molecule has 0 aliphatic carbocycles. The zero-order valence-electron chi connectivity index (χ0n) is 10.9. The molecule has 2 aromatic rings. The van der Waals surface area contributed by atoms with E-state index in [2.05, 4.69) is 25.5 Å². The van der Waals surface area contributed by atoms with Crippen LogP contribution in [0.15, 0.2) is 12.1 Å². The molecule has 0 aliphatic heterocycles. The van der Waals surface area contributed by atoms with Crippen LogP contribution in [0.25, 0.3) is 11.5 Å². The van der Waals surface area contributed by atoms with Gasteiger partial charge in [-0.3, -0.25) is 0 Å². The van der Waals surface area contributed by atoms with Gasteiger partial charge in [0, 0.05) is 24.4 Å². The third-order valence-corrected chi connectivity index (χ3v) is 2.70. The van der Waals surface area contributed by atoms with Gasteiger partial charge in [-0.25, -0.2) is 9.97 Å². The van der Waals surface area contributed by atoms with Crippen LogP contribution in [0.1, 0.15) is 11.3 Å². The maximum absolute atomic E-state index is 4.97. The number of hydrogen-bond acceptors (Lipinski definition) is 6. The quantitative estimate of drug-likeness (QED) is 0.885. The van der Waals surface area contributed by atoms with Gasteiger partial charge in [-0.1, -0.05) is 0 Å². The molecule has 2 rings (SSSR count). The van der Waals surface area contributed by atoms with Crippen molar-refractivity contribution in [2.45, 2.75) is 13.8 Å². The Labute approximate surface area is 105 Å². The summed E-state index contributed by atoms with van der Waals surface area (Å²) in [7, 11) is 3.38. The zero-order chi connectivity index (χ0) is 13.1. The van der Waals surface area contributed by atoms with Gasteiger partial charge in [0.05, 0.1) is 7.11 Å². The zero-order valence-corrected chi connectivity index (χ0v) is 10.9. The average Bonchev–Trinajstić information content (AvgIpc) is 2.42. The second kappa shape index (κ2) is 4.95. The van der Waals surface area contributed by atoms with Gasteiger partial charge in [0.15, 0.2) is 5.82 Å². The third-order valence-electron chi connectivity index (χ3n) is 2.70. The van der Waals surface area contributed by atoms with E-state index < -0.39 is 0 Å². The number of nitrogens with one attached hydrogen (secondary N) is 1. The SMILES string of the molecule is CNc1nc(-c2ccc(OC)nn2)nc(C)c1C. The van der Waals surface area contributed by atoms with Crippen molar-refractivity contribution < 1.29 is 4.74 Å². The Kier molecular flexibility index (Phi) is 3.36. The van der Waals surface area contributed by atoms with Crippen LogP contribution in [-0.4, -0.2) is 34.3 Å². The van der Waals surface area contributed by atoms with Crippen LogP contribution in [0.3, 0.4) is 0 Å². The molecule has 0 unspecified atom stereocenters. The highest BCUT2D eigenvalue weighted by Gasteiger charge is 2.10. The molecule has 0 bridgehead atoms. The normalized spacial score (nSPS) is 10.2. The summed E-state index contributed by atoms with van der Waals surface area (Å²) in [5.41, 5.74) is 2.57. The number of rotatable bonds is 3. The average molecular weight is 245 g/mol. The minimum Gasteiger partial charge on any atom is -0.480 e. The molecular formula is C12H15N5O. The van der Waals surface area contributed by atoms with Crippen LogP contribution < -0.4 is 10.1 Å². The molecule has 2 heterocycles. The summed E-state index contributed by atoms with van der Waals surface area (Å²) in [5, 5.41) is 11.0. The van der Waals surface area contributed by atoms with Gasteiger partial charge in [-0.15, -0.1) is 10.2 Å². The number of aryl methyl sites for hydroxylation is 1. The van der Waals surface area contributed by atoms with E-state index in [-0.39, 0.29) is 0 Å². The molecular weight excluding hydrogens is 230 g/mol. The van der Waals surface area contributed by atoms with Gasteiger partial charge in [-0.05, 0) is 19.9 Å². The summed E-state index contributed by atoms with van der Waals surface area (Å²) in [4.78, 5) is 8.82. The highest BCUT2D eigenvalue weighted by Crippen LogP contribution is 2.20. The maximum Gasteiger partial charge on any atom is 0.233 e. The molecule has 0 aliphatic rings. The summed E-state index contributed by atoms with van der Waals surface area (Å²) in [6.45, 7) is 3.92. The second-order valence-electron chi connectivity index (χ2n) is 3.82. The minimum atomic E-state index is 0.469. The van der Waals surface area contributed by atoms with Crippen LogP contribution in [-0.2, 0) is 0 Å². The molecule has 0 amide bonds. The largest absolute Gasteiger partial charge is 0.480 e. The summed E-state index contributed by atoms with van der Waals surface area (Å²) < 4.78 is 4.97. The summed E-state index contributed by atoms with van der Waals surface area (Å²) in [6.07, 6.45) is 0. The monoisotopic (exact) mass is 245 g/mol. The number of ether oxygens (including phenoxy) is 1. The van der Waals surface area contributed by atoms with Gasteiger partial charge >= 0.3 is 0 Å². The lowest BCUT2D eigenvalue weighted by molar-refractivity contribution is 0.392. The second-order valence-corrected chi connectivity index (χ2v) is 3.82. The first-order valence-electron chi connectivity index (χ1n) is 5.56. The molecule has 0 saturated carbocycles. The first-order valence-corrected chi connectivity index (χ1v) is 5.56. The van der Waals surface area contributed by atoms with Crippen molar-refractivity contribution in [3.05, 3.63) is 23.4 Å². The predicted octanol–water partition coefficient (Wildman–Crippen LogP) is 1.60. The molecule has 6 nitrogen and oxygen atoms in total. The fourth-order valence-corrected chi connectivity index (χ4v) is 1.53. The molecule has 1 N–H and O–H groups in total. The van der Waals surface area contributed by atoms with Gasteiger partial charge < -0.3 is 10.1 Å². The fraction of sp³-hybridized carbons (Fsp3) is 0.333. The number of anilines is 1. The van der Waals surface area contributed by atoms with Crippen molar-refractivity contribution in [1.29, 1.82) is 0 Å². The summed E-state index contributed by atoms with van der Waals surface area (Å²) in [6, 6.07) is 3.52. The molecule has 0 fully saturated rings. The van der Waals surface area contributed by atoms with Gasteiger partial charge in [0.1, 0.15) is 11.5 Å². The molecule has 0 spiro atoms. The minimum absolute atomic E-state index is 0.469. The summed E-state index contributed by atoms with van der Waals surface area (Å²) >= 11 is 0. The van der Waals surface area contributed by atoms with E-state index in [1.165, 1.54) is 0 Å². The van der Waals surface area contributed by atoms with Crippen molar-refractivity contribution in [2.75, 3.05) is 19.5 Å². The molecule has 0 saturated heterocycles. The Bertz CT molecular complexity index is 553. The molecule has 0 atom stereocenters. The first kappa shape index (κ1) is 12.2. The van der Waals surface area contributed by atoms with Gasteiger partial charge in [-0.2, -0.15) is 0 Å². The lowest BCUT2D eigenvalue weighted by atomic mass is 10.2. The smallest absolute Gasteiger partial charge is 0.233 e. The van der Waals surface area contributed by atoms with E-state index >= 15 is 0 Å². The van der Waals surface area contributed by atoms with E-state index in [1.807, 2.05) is 20.9 Å². The summed E-state index contributed by atoms with van der Waals surface area (Å²) in [5.74, 6) is 1.82. The van der Waals surface area contributed by atoms with Crippen molar-refractivity contribution in [1.82, 2.24) is 20.2 Å². The lowest BCUT2D eigenvalue weighted by Gasteiger charge is -2.09. The predicted molar refractivity (Wildman–Crippen MR) is 68.6 cm³/mol. The molecule has 0 radical (unpaired) electrons. The van der Waals surface area contributed by atoms with Crippen LogP contribution in [0.2, 0.25) is 0 Å². The topological polar surface area (TPSA) is 72.8 Å². The Morgan fingerprint density at radius 1 is 1.11 bits per heavy atom. The molecule has 2 aromatic heterocycles. The first-order chi connectivity index (χ1) is 8.65. The van der Waals surface area contributed by atoms with Crippen LogP contribution in [0.4, 0.5) is 5.82 Å². The van der Waals surface area contributed by atoms with Crippen molar-refractivity contribution >= 4 is 5.82 Å². The number of hydrogen-bond donors (Lipinski definition) is 1. The Morgan fingerprint density at radius 2 is 1.89 bits per heavy atom. The standard InChI is InChI=1S/C12H15N5O/c1-7-8(2)14-12(15-11(7)13-3)9-5-6-10(18-4)17-16-9/h5-6H,1-4H3,(H,13,14,15). The highest BCUT2D eigenvalue weighted by atomic mass is 16.5. The van der Waals surface area contributed by atoms with Crippen molar-refractivity contribution in [3.8, 4) is 17.4 Å². The Hall–Kier alpha value is -2.24. The van der Waals surface area contributed by atoms with E-state index in [0.29, 0.717) is 17.4 Å². The number of aromatic nitrogens is 4. The maximum atomic E-state index is 4.97. The molecule has 18 heavy (non-hydrogen) atoms. The fourth-order valence-electron chi connectivity index (χ4n) is 1.53. The van der Waals surface area contributed by atoms with Crippen LogP contribution in [0.5, 0.6) is 5.88 Å². The van der Waals surface area contributed by atoms with E-state index in [0.717, 1.165) is 17.1 Å². The van der Waals surface area contributed by atoms with E-state index in [1.54, 1.807) is 19.2 Å². The molecule has 0 aromatic carbocycles. The van der Waals surface area contributed by atoms with Crippen LogP contribution in [0, 0.1) is 13.8 Å². The van der Waals surface area contributed by atoms with E-state index in [9.17, 15) is 0 Å². The van der Waals surface area contributed by atoms with Gasteiger partial charge in [0.25, 0.3) is 0 Å². The third kappa shape index (κ3) is 2.22. The molecule has 6 heteroatoms. The lowest BCUT2D eigenvalue weighted by Crippen LogP contribution is -2.04. The number of methoxy groups -OCH3 is 1. The van der Waals surface area contributed by atoms with Crippen LogP contribution >= 0.6 is 0 Å². The molecule has 94 valence electrons. The number of nitrogens with zero attached hydrogens (tertiary/aromatic N) is 4.